The van der Waals surface area contributed by atoms with Crippen molar-refractivity contribution in [1.82, 2.24) is 10.6 Å². The highest BCUT2D eigenvalue weighted by Gasteiger charge is 2.34. The summed E-state index contributed by atoms with van der Waals surface area (Å²) in [7, 11) is 0. The lowest BCUT2D eigenvalue weighted by atomic mass is 10.2. The van der Waals surface area contributed by atoms with Gasteiger partial charge in [0.2, 0.25) is 5.91 Å². The molecule has 6 nitrogen and oxygen atoms in total. The number of ether oxygens (including phenoxy) is 1. The molecule has 1 atom stereocenters. The smallest absolute Gasteiger partial charge is 0.322 e. The number of benzene rings is 2. The first kappa shape index (κ1) is 16.8. The molecule has 0 saturated carbocycles. The largest absolute Gasteiger partial charge is 0.492 e. The molecule has 25 heavy (non-hydrogen) atoms. The Morgan fingerprint density at radius 2 is 1.92 bits per heavy atom. The van der Waals surface area contributed by atoms with Crippen molar-refractivity contribution in [2.45, 2.75) is 6.04 Å². The summed E-state index contributed by atoms with van der Waals surface area (Å²) in [6, 6.07) is 13.8. The first-order valence-corrected chi connectivity index (χ1v) is 7.92. The maximum atomic E-state index is 13.0. The number of urea groups is 1. The zero-order chi connectivity index (χ0) is 17.6. The summed E-state index contributed by atoms with van der Waals surface area (Å²) in [6.07, 6.45) is 0. The van der Waals surface area contributed by atoms with Gasteiger partial charge in [-0.15, -0.1) is 0 Å². The fourth-order valence-corrected chi connectivity index (χ4v) is 2.51. The predicted octanol–water partition coefficient (Wildman–Crippen LogP) is 1.92. The average Bonchev–Trinajstić information content (AvgIpc) is 3.02. The molecule has 1 fully saturated rings. The topological polar surface area (TPSA) is 70.7 Å². The summed E-state index contributed by atoms with van der Waals surface area (Å²) in [4.78, 5) is 25.6. The third-order valence-corrected chi connectivity index (χ3v) is 3.78. The zero-order valence-electron chi connectivity index (χ0n) is 13.4. The molecule has 1 aliphatic rings. The average molecular weight is 343 g/mol. The van der Waals surface area contributed by atoms with Crippen molar-refractivity contribution in [1.29, 1.82) is 0 Å². The molecule has 0 aliphatic carbocycles. The monoisotopic (exact) mass is 343 g/mol. The van der Waals surface area contributed by atoms with E-state index >= 15 is 0 Å². The van der Waals surface area contributed by atoms with Crippen LogP contribution in [0.1, 0.15) is 0 Å². The number of nitrogens with one attached hydrogen (secondary N) is 2. The lowest BCUT2D eigenvalue weighted by Crippen LogP contribution is -2.44. The van der Waals surface area contributed by atoms with Gasteiger partial charge in [0.05, 0.1) is 13.1 Å². The van der Waals surface area contributed by atoms with Crippen LogP contribution in [-0.4, -0.2) is 37.7 Å². The molecule has 2 N–H and O–H groups in total. The van der Waals surface area contributed by atoms with Crippen LogP contribution < -0.4 is 20.3 Å². The number of hydrogen-bond donors (Lipinski definition) is 2. The molecule has 3 rings (SSSR count). The number of carbonyl (C=O) groups excluding carboxylic acids is 2. The van der Waals surface area contributed by atoms with E-state index in [9.17, 15) is 14.0 Å². The molecule has 1 unspecified atom stereocenters. The summed E-state index contributed by atoms with van der Waals surface area (Å²) >= 11 is 0. The van der Waals surface area contributed by atoms with Crippen LogP contribution in [0.2, 0.25) is 0 Å². The van der Waals surface area contributed by atoms with Gasteiger partial charge in [0, 0.05) is 5.69 Å². The van der Waals surface area contributed by atoms with Crippen molar-refractivity contribution < 1.29 is 18.7 Å². The highest BCUT2D eigenvalue weighted by molar-refractivity contribution is 6.00. The Kier molecular flexibility index (Phi) is 5.13. The van der Waals surface area contributed by atoms with Crippen LogP contribution in [0.15, 0.2) is 54.6 Å². The molecule has 0 spiro atoms. The van der Waals surface area contributed by atoms with Gasteiger partial charge in [-0.05, 0) is 36.4 Å². The molecule has 1 aliphatic heterocycles. The molecule has 3 amide bonds. The lowest BCUT2D eigenvalue weighted by Gasteiger charge is -2.14. The quantitative estimate of drug-likeness (QED) is 0.787. The van der Waals surface area contributed by atoms with E-state index in [1.165, 1.54) is 29.2 Å². The summed E-state index contributed by atoms with van der Waals surface area (Å²) in [5, 5.41) is 5.35. The van der Waals surface area contributed by atoms with E-state index < -0.39 is 6.04 Å². The van der Waals surface area contributed by atoms with Crippen LogP contribution >= 0.6 is 0 Å². The van der Waals surface area contributed by atoms with Crippen molar-refractivity contribution in [3.63, 3.8) is 0 Å². The normalized spacial score (nSPS) is 16.4. The second-order valence-electron chi connectivity index (χ2n) is 5.54. The third-order valence-electron chi connectivity index (χ3n) is 3.78. The predicted molar refractivity (Wildman–Crippen MR) is 91.0 cm³/mol. The molecule has 130 valence electrons. The molecular formula is C18H18FN3O3. The minimum absolute atomic E-state index is 0.190. The minimum atomic E-state index is -0.658. The van der Waals surface area contributed by atoms with Crippen molar-refractivity contribution >= 4 is 17.6 Å². The number of para-hydroxylation sites is 1. The number of rotatable bonds is 6. The first-order valence-electron chi connectivity index (χ1n) is 7.92. The molecule has 0 aromatic heterocycles. The minimum Gasteiger partial charge on any atom is -0.492 e. The molecular weight excluding hydrogens is 325 g/mol. The molecule has 1 heterocycles. The maximum Gasteiger partial charge on any atom is 0.322 e. The number of nitrogens with zero attached hydrogens (tertiary/aromatic N) is 1. The molecule has 2 aromatic carbocycles. The molecule has 2 aromatic rings. The van der Waals surface area contributed by atoms with E-state index in [2.05, 4.69) is 10.6 Å². The number of anilines is 1. The van der Waals surface area contributed by atoms with Crippen molar-refractivity contribution in [2.75, 3.05) is 24.6 Å². The van der Waals surface area contributed by atoms with Gasteiger partial charge in [-0.3, -0.25) is 9.69 Å². The molecule has 1 saturated heterocycles. The van der Waals surface area contributed by atoms with Crippen LogP contribution in [0.4, 0.5) is 14.9 Å². The highest BCUT2D eigenvalue weighted by atomic mass is 19.1. The summed E-state index contributed by atoms with van der Waals surface area (Å²) < 4.78 is 18.5. The Bertz CT molecular complexity index is 737. The Labute approximate surface area is 144 Å². The van der Waals surface area contributed by atoms with Gasteiger partial charge in [-0.25, -0.2) is 9.18 Å². The van der Waals surface area contributed by atoms with E-state index in [0.717, 1.165) is 5.75 Å². The fraction of sp³-hybridized carbons (Fsp3) is 0.222. The lowest BCUT2D eigenvalue weighted by molar-refractivity contribution is -0.122. The Hall–Kier alpha value is -3.09. The van der Waals surface area contributed by atoms with Gasteiger partial charge >= 0.3 is 6.03 Å². The van der Waals surface area contributed by atoms with Crippen molar-refractivity contribution in [3.05, 3.63) is 60.4 Å². The third kappa shape index (κ3) is 4.26. The maximum absolute atomic E-state index is 13.0. The number of amides is 3. The van der Waals surface area contributed by atoms with Gasteiger partial charge in [0.15, 0.2) is 0 Å². The standard InChI is InChI=1S/C18H18FN3O3/c19-13-6-8-14(9-7-13)22-12-16(21-18(22)24)17(23)20-10-11-25-15-4-2-1-3-5-15/h1-9,16H,10-12H2,(H,20,23)(H,21,24). The van der Waals surface area contributed by atoms with Crippen LogP contribution in [0.25, 0.3) is 0 Å². The van der Waals surface area contributed by atoms with E-state index in [4.69, 9.17) is 4.74 Å². The van der Waals surface area contributed by atoms with Crippen molar-refractivity contribution in [2.24, 2.45) is 0 Å². The molecule has 0 radical (unpaired) electrons. The second-order valence-corrected chi connectivity index (χ2v) is 5.54. The summed E-state index contributed by atoms with van der Waals surface area (Å²) in [5.74, 6) is 0.0686. The Balaban J connectivity index is 1.46. The molecule has 7 heteroatoms. The first-order chi connectivity index (χ1) is 12.1. The zero-order valence-corrected chi connectivity index (χ0v) is 13.4. The van der Waals surface area contributed by atoms with Crippen LogP contribution in [0.3, 0.4) is 0 Å². The second kappa shape index (κ2) is 7.65. The van der Waals surface area contributed by atoms with Crippen molar-refractivity contribution in [3.8, 4) is 5.75 Å². The van der Waals surface area contributed by atoms with E-state index in [1.807, 2.05) is 30.3 Å². The summed E-state index contributed by atoms with van der Waals surface area (Å²) in [6.45, 7) is 0.852. The Morgan fingerprint density at radius 3 is 2.64 bits per heavy atom. The van der Waals surface area contributed by atoms with Gasteiger partial charge in [-0.1, -0.05) is 18.2 Å². The van der Waals surface area contributed by atoms with Crippen LogP contribution in [0.5, 0.6) is 5.75 Å². The number of halogens is 1. The van der Waals surface area contributed by atoms with Gasteiger partial charge in [0.25, 0.3) is 0 Å². The van der Waals surface area contributed by atoms with E-state index in [0.29, 0.717) is 18.8 Å². The van der Waals surface area contributed by atoms with Crippen LogP contribution in [0, 0.1) is 5.82 Å². The van der Waals surface area contributed by atoms with Gasteiger partial charge in [0.1, 0.15) is 24.2 Å². The SMILES string of the molecule is O=C(NCCOc1ccccc1)C1CN(c2ccc(F)cc2)C(=O)N1. The Morgan fingerprint density at radius 1 is 1.20 bits per heavy atom. The van der Waals surface area contributed by atoms with E-state index in [1.54, 1.807) is 0 Å². The number of hydrogen-bond acceptors (Lipinski definition) is 3. The number of carbonyl (C=O) groups is 2. The molecule has 0 bridgehead atoms. The van der Waals surface area contributed by atoms with Gasteiger partial charge < -0.3 is 15.4 Å². The van der Waals surface area contributed by atoms with Crippen LogP contribution in [-0.2, 0) is 4.79 Å². The summed E-state index contributed by atoms with van der Waals surface area (Å²) in [5.41, 5.74) is 0.543. The van der Waals surface area contributed by atoms with Gasteiger partial charge in [-0.2, -0.15) is 0 Å². The van der Waals surface area contributed by atoms with E-state index in [-0.39, 0.29) is 24.3 Å². The highest BCUT2D eigenvalue weighted by Crippen LogP contribution is 2.18. The fourth-order valence-electron chi connectivity index (χ4n) is 2.51.